The SMILES string of the molecule is CNc1cc(C)nc([C@@H]2CCN(C(=O)CN3CCCCCC3=O)C2)c1. The Hall–Kier alpha value is -2.11. The molecule has 0 aliphatic carbocycles. The molecule has 0 radical (unpaired) electrons. The molecule has 0 spiro atoms. The number of anilines is 1. The van der Waals surface area contributed by atoms with Gasteiger partial charge in [0.2, 0.25) is 11.8 Å². The molecule has 2 saturated heterocycles. The van der Waals surface area contributed by atoms with Gasteiger partial charge in [-0.25, -0.2) is 0 Å². The summed E-state index contributed by atoms with van der Waals surface area (Å²) in [6, 6.07) is 4.09. The van der Waals surface area contributed by atoms with Crippen molar-refractivity contribution in [1.82, 2.24) is 14.8 Å². The summed E-state index contributed by atoms with van der Waals surface area (Å²) in [5.41, 5.74) is 3.09. The summed E-state index contributed by atoms with van der Waals surface area (Å²) in [6.07, 6.45) is 4.54. The number of aromatic nitrogens is 1. The number of carbonyl (C=O) groups is 2. The highest BCUT2D eigenvalue weighted by Gasteiger charge is 2.30. The normalized spacial score (nSPS) is 21.4. The lowest BCUT2D eigenvalue weighted by atomic mass is 10.0. The summed E-state index contributed by atoms with van der Waals surface area (Å²) in [7, 11) is 1.90. The summed E-state index contributed by atoms with van der Waals surface area (Å²) < 4.78 is 0. The Balaban J connectivity index is 1.61. The highest BCUT2D eigenvalue weighted by atomic mass is 16.2. The second-order valence-electron chi connectivity index (χ2n) is 7.12. The van der Waals surface area contributed by atoms with Gasteiger partial charge in [0, 0.05) is 56.1 Å². The van der Waals surface area contributed by atoms with E-state index in [0.29, 0.717) is 19.5 Å². The third kappa shape index (κ3) is 4.30. The number of hydrogen-bond donors (Lipinski definition) is 1. The second kappa shape index (κ2) is 7.85. The van der Waals surface area contributed by atoms with Gasteiger partial charge in [0.1, 0.15) is 0 Å². The van der Waals surface area contributed by atoms with Crippen molar-refractivity contribution in [2.24, 2.45) is 0 Å². The molecule has 1 atom stereocenters. The van der Waals surface area contributed by atoms with Gasteiger partial charge in [-0.1, -0.05) is 6.42 Å². The fourth-order valence-corrected chi connectivity index (χ4v) is 3.74. The van der Waals surface area contributed by atoms with Crippen molar-refractivity contribution in [1.29, 1.82) is 0 Å². The molecule has 3 rings (SSSR count). The Morgan fingerprint density at radius 3 is 2.92 bits per heavy atom. The van der Waals surface area contributed by atoms with E-state index in [1.54, 1.807) is 4.90 Å². The van der Waals surface area contributed by atoms with Gasteiger partial charge in [0.15, 0.2) is 0 Å². The van der Waals surface area contributed by atoms with Crippen LogP contribution in [0, 0.1) is 6.92 Å². The van der Waals surface area contributed by atoms with Crippen molar-refractivity contribution < 1.29 is 9.59 Å². The van der Waals surface area contributed by atoms with E-state index in [9.17, 15) is 9.59 Å². The number of aryl methyl sites for hydroxylation is 1. The Kier molecular flexibility index (Phi) is 5.56. The van der Waals surface area contributed by atoms with Crippen molar-refractivity contribution in [2.75, 3.05) is 38.5 Å². The molecule has 1 aromatic heterocycles. The second-order valence-corrected chi connectivity index (χ2v) is 7.12. The minimum Gasteiger partial charge on any atom is -0.388 e. The molecule has 1 aromatic rings. The number of pyridine rings is 1. The van der Waals surface area contributed by atoms with Crippen LogP contribution in [0.1, 0.15) is 49.4 Å². The maximum Gasteiger partial charge on any atom is 0.242 e. The standard InChI is InChI=1S/C19H28N4O2/c1-14-10-16(20-2)11-17(21-14)15-7-9-23(12-15)19(25)13-22-8-5-3-4-6-18(22)24/h10-11,15H,3-9,12-13H2,1-2H3,(H,20,21)/t15-/m1/s1. The Morgan fingerprint density at radius 1 is 1.28 bits per heavy atom. The molecular weight excluding hydrogens is 316 g/mol. The first-order valence-electron chi connectivity index (χ1n) is 9.28. The van der Waals surface area contributed by atoms with Crippen LogP contribution in [0.2, 0.25) is 0 Å². The fourth-order valence-electron chi connectivity index (χ4n) is 3.74. The summed E-state index contributed by atoms with van der Waals surface area (Å²) >= 11 is 0. The molecular formula is C19H28N4O2. The molecule has 2 aliphatic heterocycles. The highest BCUT2D eigenvalue weighted by molar-refractivity contribution is 5.85. The minimum absolute atomic E-state index is 0.0687. The van der Waals surface area contributed by atoms with Crippen LogP contribution in [0.4, 0.5) is 5.69 Å². The van der Waals surface area contributed by atoms with Crippen LogP contribution in [-0.2, 0) is 9.59 Å². The Bertz CT molecular complexity index is 646. The van der Waals surface area contributed by atoms with Crippen LogP contribution in [-0.4, -0.2) is 59.8 Å². The van der Waals surface area contributed by atoms with Crippen molar-refractivity contribution >= 4 is 17.5 Å². The topological polar surface area (TPSA) is 65.5 Å². The first kappa shape index (κ1) is 17.7. The summed E-state index contributed by atoms with van der Waals surface area (Å²) in [5.74, 6) is 0.468. The monoisotopic (exact) mass is 344 g/mol. The third-order valence-electron chi connectivity index (χ3n) is 5.22. The first-order valence-corrected chi connectivity index (χ1v) is 9.28. The molecule has 0 saturated carbocycles. The average molecular weight is 344 g/mol. The quantitative estimate of drug-likeness (QED) is 0.909. The highest BCUT2D eigenvalue weighted by Crippen LogP contribution is 2.28. The molecule has 25 heavy (non-hydrogen) atoms. The van der Waals surface area contributed by atoms with Crippen LogP contribution in [0.3, 0.4) is 0 Å². The van der Waals surface area contributed by atoms with E-state index in [0.717, 1.165) is 49.3 Å². The van der Waals surface area contributed by atoms with Gasteiger partial charge in [-0.05, 0) is 38.3 Å². The minimum atomic E-state index is 0.0687. The van der Waals surface area contributed by atoms with Gasteiger partial charge in [-0.2, -0.15) is 0 Å². The lowest BCUT2D eigenvalue weighted by Crippen LogP contribution is -2.41. The first-order chi connectivity index (χ1) is 12.1. The molecule has 1 N–H and O–H groups in total. The molecule has 0 aromatic carbocycles. The zero-order valence-corrected chi connectivity index (χ0v) is 15.3. The number of carbonyl (C=O) groups excluding carboxylic acids is 2. The average Bonchev–Trinajstić information content (AvgIpc) is 3.01. The van der Waals surface area contributed by atoms with Crippen molar-refractivity contribution in [3.05, 3.63) is 23.5 Å². The molecule has 2 fully saturated rings. The summed E-state index contributed by atoms with van der Waals surface area (Å²) in [5, 5.41) is 3.17. The van der Waals surface area contributed by atoms with Gasteiger partial charge in [0.25, 0.3) is 0 Å². The smallest absolute Gasteiger partial charge is 0.242 e. The van der Waals surface area contributed by atoms with Crippen molar-refractivity contribution in [3.8, 4) is 0 Å². The maximum atomic E-state index is 12.6. The fraction of sp³-hybridized carbons (Fsp3) is 0.632. The van der Waals surface area contributed by atoms with E-state index in [4.69, 9.17) is 0 Å². The molecule has 0 unspecified atom stereocenters. The van der Waals surface area contributed by atoms with Crippen LogP contribution in [0.5, 0.6) is 0 Å². The van der Waals surface area contributed by atoms with E-state index in [-0.39, 0.29) is 24.3 Å². The molecule has 0 bridgehead atoms. The predicted octanol–water partition coefficient (Wildman–Crippen LogP) is 2.15. The zero-order chi connectivity index (χ0) is 17.8. The van der Waals surface area contributed by atoms with Crippen LogP contribution < -0.4 is 5.32 Å². The van der Waals surface area contributed by atoms with E-state index in [2.05, 4.69) is 16.4 Å². The van der Waals surface area contributed by atoms with Gasteiger partial charge in [-0.15, -0.1) is 0 Å². The Morgan fingerprint density at radius 2 is 2.12 bits per heavy atom. The van der Waals surface area contributed by atoms with Gasteiger partial charge < -0.3 is 15.1 Å². The molecule has 3 heterocycles. The maximum absolute atomic E-state index is 12.6. The Labute approximate surface area is 149 Å². The number of amides is 2. The number of nitrogens with one attached hydrogen (secondary N) is 1. The number of rotatable bonds is 4. The summed E-state index contributed by atoms with van der Waals surface area (Å²) in [6.45, 7) is 4.38. The van der Waals surface area contributed by atoms with Crippen LogP contribution in [0.15, 0.2) is 12.1 Å². The molecule has 2 amide bonds. The largest absolute Gasteiger partial charge is 0.388 e. The van der Waals surface area contributed by atoms with E-state index in [1.165, 1.54) is 0 Å². The predicted molar refractivity (Wildman–Crippen MR) is 97.5 cm³/mol. The van der Waals surface area contributed by atoms with Crippen LogP contribution in [0.25, 0.3) is 0 Å². The number of nitrogens with zero attached hydrogens (tertiary/aromatic N) is 3. The lowest BCUT2D eigenvalue weighted by Gasteiger charge is -2.24. The van der Waals surface area contributed by atoms with Gasteiger partial charge >= 0.3 is 0 Å². The van der Waals surface area contributed by atoms with E-state index < -0.39 is 0 Å². The van der Waals surface area contributed by atoms with Crippen LogP contribution >= 0.6 is 0 Å². The van der Waals surface area contributed by atoms with Crippen molar-refractivity contribution in [2.45, 2.75) is 44.9 Å². The molecule has 6 heteroatoms. The van der Waals surface area contributed by atoms with Crippen molar-refractivity contribution in [3.63, 3.8) is 0 Å². The zero-order valence-electron chi connectivity index (χ0n) is 15.3. The third-order valence-corrected chi connectivity index (χ3v) is 5.22. The van der Waals surface area contributed by atoms with Gasteiger partial charge in [0.05, 0.1) is 6.54 Å². The lowest BCUT2D eigenvalue weighted by molar-refractivity contribution is -0.139. The van der Waals surface area contributed by atoms with Gasteiger partial charge in [-0.3, -0.25) is 14.6 Å². The van der Waals surface area contributed by atoms with E-state index >= 15 is 0 Å². The van der Waals surface area contributed by atoms with E-state index in [1.807, 2.05) is 24.9 Å². The molecule has 6 nitrogen and oxygen atoms in total. The number of hydrogen-bond acceptors (Lipinski definition) is 4. The summed E-state index contributed by atoms with van der Waals surface area (Å²) in [4.78, 5) is 33.0. The molecule has 2 aliphatic rings. The molecule has 136 valence electrons. The number of likely N-dealkylation sites (tertiary alicyclic amines) is 2.